The van der Waals surface area contributed by atoms with Gasteiger partial charge in [-0.3, -0.25) is 9.59 Å². The molecule has 0 unspecified atom stereocenters. The number of H-pyrrole nitrogens is 1. The lowest BCUT2D eigenvalue weighted by atomic mass is 10.0. The fourth-order valence-electron chi connectivity index (χ4n) is 2.43. The first kappa shape index (κ1) is 10.9. The van der Waals surface area contributed by atoms with Gasteiger partial charge in [-0.15, -0.1) is 0 Å². The van der Waals surface area contributed by atoms with Gasteiger partial charge < -0.3 is 0 Å². The van der Waals surface area contributed by atoms with Crippen molar-refractivity contribution in [2.45, 2.75) is 0 Å². The van der Waals surface area contributed by atoms with Crippen LogP contribution in [-0.2, 0) is 0 Å². The molecule has 1 aliphatic rings. The summed E-state index contributed by atoms with van der Waals surface area (Å²) in [6.07, 6.45) is 1.26. The van der Waals surface area contributed by atoms with Gasteiger partial charge in [0, 0.05) is 0 Å². The van der Waals surface area contributed by atoms with Crippen molar-refractivity contribution < 1.29 is 9.59 Å². The van der Waals surface area contributed by atoms with Crippen LogP contribution in [0.4, 0.5) is 5.95 Å². The van der Waals surface area contributed by atoms with Crippen molar-refractivity contribution in [2.24, 2.45) is 0 Å². The van der Waals surface area contributed by atoms with E-state index in [1.54, 1.807) is 12.1 Å². The molecular formula is C14H8N4O2. The average Bonchev–Trinajstić information content (AvgIpc) is 3.06. The summed E-state index contributed by atoms with van der Waals surface area (Å²) in [7, 11) is 0. The predicted molar refractivity (Wildman–Crippen MR) is 71.5 cm³/mol. The molecule has 0 bridgehead atoms. The normalized spacial score (nSPS) is 14.1. The highest BCUT2D eigenvalue weighted by molar-refractivity contribution is 6.34. The van der Waals surface area contributed by atoms with Crippen molar-refractivity contribution in [1.82, 2.24) is 15.2 Å². The smallest absolute Gasteiger partial charge is 0.268 e. The summed E-state index contributed by atoms with van der Waals surface area (Å²) in [6, 6.07) is 11.1. The summed E-state index contributed by atoms with van der Waals surface area (Å²) in [5.74, 6) is -0.625. The van der Waals surface area contributed by atoms with Crippen LogP contribution in [0.3, 0.4) is 0 Å². The van der Waals surface area contributed by atoms with Gasteiger partial charge in [-0.25, -0.2) is 10.00 Å². The van der Waals surface area contributed by atoms with Gasteiger partial charge in [-0.05, 0) is 22.9 Å². The van der Waals surface area contributed by atoms with Gasteiger partial charge in [0.2, 0.25) is 5.95 Å². The maximum Gasteiger partial charge on any atom is 0.268 e. The lowest BCUT2D eigenvalue weighted by Gasteiger charge is -2.07. The second-order valence-corrected chi connectivity index (χ2v) is 4.50. The molecule has 6 nitrogen and oxygen atoms in total. The van der Waals surface area contributed by atoms with Crippen LogP contribution in [0.1, 0.15) is 20.7 Å². The molecule has 6 heteroatoms. The lowest BCUT2D eigenvalue weighted by Crippen LogP contribution is -2.30. The molecule has 20 heavy (non-hydrogen) atoms. The molecule has 96 valence electrons. The van der Waals surface area contributed by atoms with Crippen molar-refractivity contribution in [3.8, 4) is 0 Å². The molecule has 2 aromatic carbocycles. The van der Waals surface area contributed by atoms with Gasteiger partial charge >= 0.3 is 0 Å². The third-order valence-electron chi connectivity index (χ3n) is 3.37. The maximum atomic E-state index is 12.4. The number of hydrogen-bond acceptors (Lipinski definition) is 4. The van der Waals surface area contributed by atoms with Crippen molar-refractivity contribution in [1.29, 1.82) is 0 Å². The van der Waals surface area contributed by atoms with Crippen molar-refractivity contribution in [3.05, 3.63) is 53.9 Å². The number of aromatic amines is 1. The first-order valence-electron chi connectivity index (χ1n) is 6.02. The van der Waals surface area contributed by atoms with Gasteiger partial charge in [0.1, 0.15) is 6.33 Å². The number of nitrogens with one attached hydrogen (secondary N) is 1. The molecule has 1 aromatic heterocycles. The average molecular weight is 264 g/mol. The maximum absolute atomic E-state index is 12.4. The number of hydrogen-bond donors (Lipinski definition) is 1. The van der Waals surface area contributed by atoms with Crippen LogP contribution in [0.2, 0.25) is 0 Å². The van der Waals surface area contributed by atoms with E-state index in [9.17, 15) is 9.59 Å². The Balaban J connectivity index is 1.95. The van der Waals surface area contributed by atoms with Gasteiger partial charge in [0.05, 0.1) is 11.1 Å². The predicted octanol–water partition coefficient (Wildman–Crippen LogP) is 1.76. The van der Waals surface area contributed by atoms with Crippen LogP contribution >= 0.6 is 0 Å². The van der Waals surface area contributed by atoms with E-state index in [1.807, 2.05) is 24.3 Å². The number of rotatable bonds is 1. The summed E-state index contributed by atoms with van der Waals surface area (Å²) in [6.45, 7) is 0. The Morgan fingerprint density at radius 3 is 2.05 bits per heavy atom. The molecule has 0 fully saturated rings. The van der Waals surface area contributed by atoms with E-state index in [-0.39, 0.29) is 17.8 Å². The molecule has 1 aliphatic heterocycles. The Kier molecular flexibility index (Phi) is 2.03. The monoisotopic (exact) mass is 264 g/mol. The van der Waals surface area contributed by atoms with E-state index >= 15 is 0 Å². The molecule has 0 aliphatic carbocycles. The lowest BCUT2D eigenvalue weighted by molar-refractivity contribution is 0.0924. The number of anilines is 1. The highest BCUT2D eigenvalue weighted by Crippen LogP contribution is 2.29. The van der Waals surface area contributed by atoms with E-state index in [0.29, 0.717) is 11.1 Å². The first-order valence-corrected chi connectivity index (χ1v) is 6.02. The van der Waals surface area contributed by atoms with Crippen molar-refractivity contribution >= 4 is 28.5 Å². The van der Waals surface area contributed by atoms with E-state index in [2.05, 4.69) is 15.2 Å². The number of carbonyl (C=O) groups excluding carboxylic acids is 2. The van der Waals surface area contributed by atoms with Gasteiger partial charge in [-0.2, -0.15) is 10.1 Å². The Morgan fingerprint density at radius 1 is 0.950 bits per heavy atom. The zero-order valence-electron chi connectivity index (χ0n) is 10.2. The topological polar surface area (TPSA) is 79.0 Å². The van der Waals surface area contributed by atoms with E-state index in [0.717, 1.165) is 15.7 Å². The summed E-state index contributed by atoms with van der Waals surface area (Å²) in [5, 5.41) is 8.06. The van der Waals surface area contributed by atoms with Gasteiger partial charge in [-0.1, -0.05) is 24.3 Å². The third kappa shape index (κ3) is 1.33. The van der Waals surface area contributed by atoms with Crippen LogP contribution in [0.15, 0.2) is 42.7 Å². The molecule has 0 saturated carbocycles. The SMILES string of the molecule is O=C1c2cc3ccccc3cc2C(=O)N1c1ncn[nH]1. The first-order chi connectivity index (χ1) is 9.75. The standard InChI is InChI=1S/C14H8N4O2/c19-12-10-5-8-3-1-2-4-9(8)6-11(10)13(20)18(12)14-15-7-16-17-14/h1-7H,(H,15,16,17). The fourth-order valence-corrected chi connectivity index (χ4v) is 2.43. The Bertz CT molecular complexity index is 800. The number of carbonyl (C=O) groups is 2. The number of nitrogens with zero attached hydrogens (tertiary/aromatic N) is 3. The number of fused-ring (bicyclic) bond motifs is 2. The second kappa shape index (κ2) is 3.74. The van der Waals surface area contributed by atoms with Gasteiger partial charge in [0.15, 0.2) is 0 Å². The third-order valence-corrected chi connectivity index (χ3v) is 3.37. The Labute approximate surface area is 113 Å². The Hall–Kier alpha value is -3.02. The van der Waals surface area contributed by atoms with Crippen molar-refractivity contribution in [2.75, 3.05) is 4.90 Å². The number of aromatic nitrogens is 3. The van der Waals surface area contributed by atoms with E-state index < -0.39 is 0 Å². The van der Waals surface area contributed by atoms with Crippen molar-refractivity contribution in [3.63, 3.8) is 0 Å². The van der Waals surface area contributed by atoms with Crippen LogP contribution < -0.4 is 4.90 Å². The van der Waals surface area contributed by atoms with Crippen LogP contribution in [0, 0.1) is 0 Å². The number of benzene rings is 2. The molecule has 0 spiro atoms. The highest BCUT2D eigenvalue weighted by Gasteiger charge is 2.38. The second-order valence-electron chi connectivity index (χ2n) is 4.50. The van der Waals surface area contributed by atoms with Crippen LogP contribution in [-0.4, -0.2) is 27.0 Å². The highest BCUT2D eigenvalue weighted by atomic mass is 16.2. The molecule has 2 amide bonds. The largest absolute Gasteiger partial charge is 0.268 e. The summed E-state index contributed by atoms with van der Waals surface area (Å²) < 4.78 is 0. The summed E-state index contributed by atoms with van der Waals surface area (Å²) in [4.78, 5) is 29.6. The molecule has 3 aromatic rings. The molecule has 4 rings (SSSR count). The minimum Gasteiger partial charge on any atom is -0.268 e. The van der Waals surface area contributed by atoms with Crippen LogP contribution in [0.5, 0.6) is 0 Å². The molecule has 1 N–H and O–H groups in total. The number of amides is 2. The quantitative estimate of drug-likeness (QED) is 0.679. The molecule has 2 heterocycles. The zero-order chi connectivity index (χ0) is 13.7. The van der Waals surface area contributed by atoms with E-state index in [4.69, 9.17) is 0 Å². The summed E-state index contributed by atoms with van der Waals surface area (Å²) in [5.41, 5.74) is 0.787. The van der Waals surface area contributed by atoms with Gasteiger partial charge in [0.25, 0.3) is 11.8 Å². The summed E-state index contributed by atoms with van der Waals surface area (Å²) >= 11 is 0. The molecule has 0 atom stereocenters. The fraction of sp³-hybridized carbons (Fsp3) is 0. The molecule has 0 saturated heterocycles. The Morgan fingerprint density at radius 2 is 1.55 bits per heavy atom. The molecular weight excluding hydrogens is 256 g/mol. The number of imide groups is 1. The minimum absolute atomic E-state index is 0.139. The zero-order valence-corrected chi connectivity index (χ0v) is 10.2. The van der Waals surface area contributed by atoms with Crippen LogP contribution in [0.25, 0.3) is 10.8 Å². The minimum atomic E-state index is -0.382. The molecule has 0 radical (unpaired) electrons. The van der Waals surface area contributed by atoms with E-state index in [1.165, 1.54) is 6.33 Å².